The van der Waals surface area contributed by atoms with Crippen LogP contribution in [0.25, 0.3) is 0 Å². The van der Waals surface area contributed by atoms with E-state index in [0.717, 1.165) is 25.5 Å². The molecule has 0 radical (unpaired) electrons. The predicted molar refractivity (Wildman–Crippen MR) is 67.3 cm³/mol. The third-order valence-corrected chi connectivity index (χ3v) is 3.37. The molecule has 1 aliphatic rings. The second-order valence-corrected chi connectivity index (χ2v) is 4.84. The first-order chi connectivity index (χ1) is 8.58. The van der Waals surface area contributed by atoms with E-state index in [1.807, 2.05) is 6.92 Å². The molecule has 0 unspecified atom stereocenters. The molecule has 1 heterocycles. The largest absolute Gasteiger partial charge is 0.376 e. The molecule has 1 N–H and O–H groups in total. The molecular formula is C13H15ClFNO2. The SMILES string of the molecule is C[C@H](NC(=O)c1ccc(F)cc1Cl)[C@@H]1CCCO1. The smallest absolute Gasteiger partial charge is 0.253 e. The van der Waals surface area contributed by atoms with Gasteiger partial charge in [0, 0.05) is 6.61 Å². The Morgan fingerprint density at radius 3 is 3.00 bits per heavy atom. The van der Waals surface area contributed by atoms with Gasteiger partial charge < -0.3 is 10.1 Å². The summed E-state index contributed by atoms with van der Waals surface area (Å²) in [5.74, 6) is -0.758. The highest BCUT2D eigenvalue weighted by atomic mass is 35.5. The van der Waals surface area contributed by atoms with Crippen LogP contribution in [0.15, 0.2) is 18.2 Å². The molecule has 0 spiro atoms. The number of amides is 1. The summed E-state index contributed by atoms with van der Waals surface area (Å²) >= 11 is 5.84. The summed E-state index contributed by atoms with van der Waals surface area (Å²) in [6, 6.07) is 3.65. The van der Waals surface area contributed by atoms with Gasteiger partial charge in [-0.1, -0.05) is 11.6 Å². The third-order valence-electron chi connectivity index (χ3n) is 3.06. The van der Waals surface area contributed by atoms with Crippen LogP contribution >= 0.6 is 11.6 Å². The van der Waals surface area contributed by atoms with Gasteiger partial charge >= 0.3 is 0 Å². The fraction of sp³-hybridized carbons (Fsp3) is 0.462. The van der Waals surface area contributed by atoms with Crippen LogP contribution in [0.1, 0.15) is 30.1 Å². The maximum Gasteiger partial charge on any atom is 0.253 e. The molecule has 98 valence electrons. The lowest BCUT2D eigenvalue weighted by molar-refractivity contribution is 0.0712. The van der Waals surface area contributed by atoms with Gasteiger partial charge in [-0.25, -0.2) is 4.39 Å². The van der Waals surface area contributed by atoms with Crippen molar-refractivity contribution < 1.29 is 13.9 Å². The predicted octanol–water partition coefficient (Wildman–Crippen LogP) is 2.78. The number of carbonyl (C=O) groups is 1. The van der Waals surface area contributed by atoms with Crippen molar-refractivity contribution in [3.8, 4) is 0 Å². The summed E-state index contributed by atoms with van der Waals surface area (Å²) in [6.45, 7) is 2.63. The Morgan fingerprint density at radius 2 is 2.39 bits per heavy atom. The van der Waals surface area contributed by atoms with Gasteiger partial charge in [0.05, 0.1) is 22.7 Å². The Morgan fingerprint density at radius 1 is 1.61 bits per heavy atom. The second kappa shape index (κ2) is 5.67. The van der Waals surface area contributed by atoms with Crippen molar-refractivity contribution in [3.05, 3.63) is 34.6 Å². The summed E-state index contributed by atoms with van der Waals surface area (Å²) < 4.78 is 18.4. The summed E-state index contributed by atoms with van der Waals surface area (Å²) in [5.41, 5.74) is 0.280. The molecule has 1 fully saturated rings. The van der Waals surface area contributed by atoms with Gasteiger partial charge in [-0.3, -0.25) is 4.79 Å². The van der Waals surface area contributed by atoms with Crippen LogP contribution in [0, 0.1) is 5.82 Å². The minimum absolute atomic E-state index is 0.0492. The fourth-order valence-electron chi connectivity index (χ4n) is 2.05. The van der Waals surface area contributed by atoms with Gasteiger partial charge in [0.2, 0.25) is 0 Å². The van der Waals surface area contributed by atoms with Crippen molar-refractivity contribution in [1.29, 1.82) is 0 Å². The molecule has 0 bridgehead atoms. The molecule has 3 nitrogen and oxygen atoms in total. The number of benzene rings is 1. The first-order valence-electron chi connectivity index (χ1n) is 5.95. The van der Waals surface area contributed by atoms with Gasteiger partial charge in [0.1, 0.15) is 5.82 Å². The van der Waals surface area contributed by atoms with Crippen molar-refractivity contribution >= 4 is 17.5 Å². The lowest BCUT2D eigenvalue weighted by Gasteiger charge is -2.20. The summed E-state index contributed by atoms with van der Waals surface area (Å²) in [5, 5.41) is 2.95. The standard InChI is InChI=1S/C13H15ClFNO2/c1-8(12-3-2-6-18-12)16-13(17)10-5-4-9(15)7-11(10)14/h4-5,7-8,12H,2-3,6H2,1H3,(H,16,17)/t8-,12-/m0/s1. The fourth-order valence-corrected chi connectivity index (χ4v) is 2.30. The number of halogens is 2. The number of ether oxygens (including phenoxy) is 1. The Kier molecular flexibility index (Phi) is 4.19. The minimum Gasteiger partial charge on any atom is -0.376 e. The first kappa shape index (κ1) is 13.3. The van der Waals surface area contributed by atoms with Gasteiger partial charge in [-0.05, 0) is 38.0 Å². The molecule has 1 aromatic rings. The normalized spacial score (nSPS) is 20.7. The van der Waals surface area contributed by atoms with E-state index in [9.17, 15) is 9.18 Å². The van der Waals surface area contributed by atoms with Crippen molar-refractivity contribution in [2.45, 2.75) is 31.9 Å². The van der Waals surface area contributed by atoms with Crippen LogP contribution in [0.4, 0.5) is 4.39 Å². The number of hydrogen-bond donors (Lipinski definition) is 1. The topological polar surface area (TPSA) is 38.3 Å². The van der Waals surface area contributed by atoms with Crippen LogP contribution < -0.4 is 5.32 Å². The molecule has 1 saturated heterocycles. The van der Waals surface area contributed by atoms with Crippen molar-refractivity contribution in [3.63, 3.8) is 0 Å². The quantitative estimate of drug-likeness (QED) is 0.918. The minimum atomic E-state index is -0.455. The van der Waals surface area contributed by atoms with E-state index in [1.54, 1.807) is 0 Å². The zero-order chi connectivity index (χ0) is 13.1. The molecular weight excluding hydrogens is 257 g/mol. The van der Waals surface area contributed by atoms with E-state index in [1.165, 1.54) is 12.1 Å². The van der Waals surface area contributed by atoms with Crippen LogP contribution in [0.5, 0.6) is 0 Å². The average Bonchev–Trinajstić information content (AvgIpc) is 2.81. The number of hydrogen-bond acceptors (Lipinski definition) is 2. The van der Waals surface area contributed by atoms with Crippen LogP contribution in [0.3, 0.4) is 0 Å². The van der Waals surface area contributed by atoms with E-state index in [-0.39, 0.29) is 28.6 Å². The van der Waals surface area contributed by atoms with Crippen molar-refractivity contribution in [2.75, 3.05) is 6.61 Å². The van der Waals surface area contributed by atoms with Gasteiger partial charge in [0.15, 0.2) is 0 Å². The highest BCUT2D eigenvalue weighted by molar-refractivity contribution is 6.33. The van der Waals surface area contributed by atoms with E-state index in [4.69, 9.17) is 16.3 Å². The third kappa shape index (κ3) is 3.00. The zero-order valence-electron chi connectivity index (χ0n) is 10.1. The maximum atomic E-state index is 12.9. The highest BCUT2D eigenvalue weighted by Crippen LogP contribution is 2.19. The molecule has 1 aliphatic heterocycles. The highest BCUT2D eigenvalue weighted by Gasteiger charge is 2.24. The summed E-state index contributed by atoms with van der Waals surface area (Å²) in [4.78, 5) is 12.0. The summed E-state index contributed by atoms with van der Waals surface area (Å²) in [6.07, 6.45) is 2.01. The van der Waals surface area contributed by atoms with Gasteiger partial charge in [-0.15, -0.1) is 0 Å². The Hall–Kier alpha value is -1.13. The molecule has 2 rings (SSSR count). The Labute approximate surface area is 110 Å². The number of carbonyl (C=O) groups excluding carboxylic acids is 1. The van der Waals surface area contributed by atoms with Gasteiger partial charge in [0.25, 0.3) is 5.91 Å². The van der Waals surface area contributed by atoms with E-state index < -0.39 is 5.82 Å². The number of nitrogens with one attached hydrogen (secondary N) is 1. The van der Waals surface area contributed by atoms with Crippen LogP contribution in [-0.4, -0.2) is 24.7 Å². The van der Waals surface area contributed by atoms with Crippen molar-refractivity contribution in [2.24, 2.45) is 0 Å². The lowest BCUT2D eigenvalue weighted by Crippen LogP contribution is -2.40. The molecule has 1 aromatic carbocycles. The lowest BCUT2D eigenvalue weighted by atomic mass is 10.1. The van der Waals surface area contributed by atoms with E-state index in [0.29, 0.717) is 0 Å². The number of rotatable bonds is 3. The molecule has 18 heavy (non-hydrogen) atoms. The van der Waals surface area contributed by atoms with Crippen molar-refractivity contribution in [1.82, 2.24) is 5.32 Å². The second-order valence-electron chi connectivity index (χ2n) is 4.44. The van der Waals surface area contributed by atoms with Gasteiger partial charge in [-0.2, -0.15) is 0 Å². The Bertz CT molecular complexity index is 447. The molecule has 0 aromatic heterocycles. The first-order valence-corrected chi connectivity index (χ1v) is 6.33. The summed E-state index contributed by atoms with van der Waals surface area (Å²) in [7, 11) is 0. The molecule has 0 aliphatic carbocycles. The Balaban J connectivity index is 2.02. The molecule has 0 saturated carbocycles. The van der Waals surface area contributed by atoms with Crippen LogP contribution in [-0.2, 0) is 4.74 Å². The average molecular weight is 272 g/mol. The van der Waals surface area contributed by atoms with E-state index >= 15 is 0 Å². The molecule has 2 atom stereocenters. The monoisotopic (exact) mass is 271 g/mol. The molecule has 5 heteroatoms. The zero-order valence-corrected chi connectivity index (χ0v) is 10.8. The van der Waals surface area contributed by atoms with E-state index in [2.05, 4.69) is 5.32 Å². The molecule has 1 amide bonds. The van der Waals surface area contributed by atoms with Crippen LogP contribution in [0.2, 0.25) is 5.02 Å². The maximum absolute atomic E-state index is 12.9.